The van der Waals surface area contributed by atoms with E-state index in [2.05, 4.69) is 5.32 Å². The highest BCUT2D eigenvalue weighted by atomic mass is 32.1. The van der Waals surface area contributed by atoms with E-state index >= 15 is 0 Å². The summed E-state index contributed by atoms with van der Waals surface area (Å²) >= 11 is 2.69. The zero-order valence-corrected chi connectivity index (χ0v) is 16.8. The van der Waals surface area contributed by atoms with Crippen molar-refractivity contribution >= 4 is 45.5 Å². The van der Waals surface area contributed by atoms with Crippen LogP contribution >= 0.6 is 22.7 Å². The smallest absolute Gasteiger partial charge is 0.342 e. The first-order valence-electron chi connectivity index (χ1n) is 8.11. The van der Waals surface area contributed by atoms with Crippen LogP contribution in [0.1, 0.15) is 30.6 Å². The van der Waals surface area contributed by atoms with Crippen LogP contribution in [0.2, 0.25) is 0 Å². The largest absolute Gasteiger partial charge is 0.449 e. The van der Waals surface area contributed by atoms with Crippen molar-refractivity contribution in [2.45, 2.75) is 26.4 Å². The molecule has 2 aromatic heterocycles. The number of nitrogens with one attached hydrogen (secondary N) is 1. The van der Waals surface area contributed by atoms with E-state index in [0.717, 1.165) is 4.88 Å². The summed E-state index contributed by atoms with van der Waals surface area (Å²) in [5.74, 6) is -1.38. The molecule has 0 aliphatic heterocycles. The molecule has 9 heteroatoms. The lowest BCUT2D eigenvalue weighted by Gasteiger charge is -2.20. The van der Waals surface area contributed by atoms with Gasteiger partial charge in [-0.3, -0.25) is 9.59 Å². The van der Waals surface area contributed by atoms with E-state index in [0.29, 0.717) is 10.6 Å². The van der Waals surface area contributed by atoms with Gasteiger partial charge in [0.2, 0.25) is 5.91 Å². The molecule has 0 unspecified atom stereocenters. The second kappa shape index (κ2) is 9.30. The minimum Gasteiger partial charge on any atom is -0.449 e. The van der Waals surface area contributed by atoms with Gasteiger partial charge in [-0.25, -0.2) is 4.79 Å². The molecule has 0 aliphatic carbocycles. The minimum atomic E-state index is -1.01. The number of amides is 2. The summed E-state index contributed by atoms with van der Waals surface area (Å²) in [6.07, 6.45) is -0.815. The number of hydrogen-bond acceptors (Lipinski definition) is 7. The number of anilines is 1. The van der Waals surface area contributed by atoms with Gasteiger partial charge in [0.1, 0.15) is 10.6 Å². The predicted octanol–water partition coefficient (Wildman–Crippen LogP) is 3.35. The van der Waals surface area contributed by atoms with Gasteiger partial charge in [-0.1, -0.05) is 6.07 Å². The van der Waals surface area contributed by atoms with Crippen LogP contribution in [0, 0.1) is 11.3 Å². The van der Waals surface area contributed by atoms with Crippen LogP contribution in [0.4, 0.5) is 5.00 Å². The van der Waals surface area contributed by atoms with Gasteiger partial charge in [-0.2, -0.15) is 5.26 Å². The molecule has 0 saturated carbocycles. The van der Waals surface area contributed by atoms with E-state index < -0.39 is 18.0 Å². The van der Waals surface area contributed by atoms with Crippen LogP contribution in [0.3, 0.4) is 0 Å². The highest BCUT2D eigenvalue weighted by Gasteiger charge is 2.27. The van der Waals surface area contributed by atoms with Gasteiger partial charge in [0, 0.05) is 36.3 Å². The first kappa shape index (κ1) is 20.6. The van der Waals surface area contributed by atoms with Crippen molar-refractivity contribution in [3.8, 4) is 16.5 Å². The van der Waals surface area contributed by atoms with Crippen molar-refractivity contribution in [3.63, 3.8) is 0 Å². The number of nitriles is 1. The molecule has 0 bridgehead atoms. The monoisotopic (exact) mass is 405 g/mol. The summed E-state index contributed by atoms with van der Waals surface area (Å²) in [6, 6.07) is 5.69. The van der Waals surface area contributed by atoms with E-state index in [4.69, 9.17) is 10.00 Å². The number of esters is 1. The molecule has 1 atom stereocenters. The summed E-state index contributed by atoms with van der Waals surface area (Å²) in [5, 5.41) is 15.3. The molecule has 1 N–H and O–H groups in total. The van der Waals surface area contributed by atoms with Crippen molar-refractivity contribution in [2.75, 3.05) is 18.9 Å². The molecular weight excluding hydrogens is 386 g/mol. The van der Waals surface area contributed by atoms with Gasteiger partial charge in [-0.05, 0) is 18.4 Å². The Morgan fingerprint density at radius 3 is 2.70 bits per heavy atom. The molecule has 2 heterocycles. The normalized spacial score (nSPS) is 11.3. The summed E-state index contributed by atoms with van der Waals surface area (Å²) < 4.78 is 5.37. The van der Waals surface area contributed by atoms with Crippen molar-refractivity contribution in [2.24, 2.45) is 0 Å². The molecule has 2 aromatic rings. The number of hydrogen-bond donors (Lipinski definition) is 1. The Labute approximate surface area is 165 Å². The third-order valence-corrected chi connectivity index (χ3v) is 5.44. The molecule has 2 rings (SSSR count). The lowest BCUT2D eigenvalue weighted by atomic mass is 10.1. The Morgan fingerprint density at radius 1 is 1.37 bits per heavy atom. The lowest BCUT2D eigenvalue weighted by Crippen LogP contribution is -2.38. The molecule has 7 nitrogen and oxygen atoms in total. The van der Waals surface area contributed by atoms with Gasteiger partial charge in [0.05, 0.1) is 12.5 Å². The van der Waals surface area contributed by atoms with Gasteiger partial charge in [-0.15, -0.1) is 22.7 Å². The maximum absolute atomic E-state index is 12.8. The first-order chi connectivity index (χ1) is 12.8. The third-order valence-electron chi connectivity index (χ3n) is 3.64. The molecule has 0 saturated heterocycles. The molecule has 0 aliphatic rings. The van der Waals surface area contributed by atoms with E-state index in [1.54, 1.807) is 12.4 Å². The van der Waals surface area contributed by atoms with Crippen LogP contribution in [-0.2, 0) is 14.3 Å². The summed E-state index contributed by atoms with van der Waals surface area (Å²) in [6.45, 7) is 3.10. The van der Waals surface area contributed by atoms with Crippen molar-refractivity contribution in [1.29, 1.82) is 5.26 Å². The zero-order valence-electron chi connectivity index (χ0n) is 15.1. The Hall–Kier alpha value is -2.70. The summed E-state index contributed by atoms with van der Waals surface area (Å²) in [5.41, 5.74) is 0.887. The van der Waals surface area contributed by atoms with Gasteiger partial charge in [0.15, 0.2) is 6.10 Å². The van der Waals surface area contributed by atoms with Gasteiger partial charge < -0.3 is 15.0 Å². The topological polar surface area (TPSA) is 99.5 Å². The zero-order chi connectivity index (χ0) is 20.0. The predicted molar refractivity (Wildman–Crippen MR) is 105 cm³/mol. The van der Waals surface area contributed by atoms with Crippen LogP contribution in [0.5, 0.6) is 0 Å². The fourth-order valence-electron chi connectivity index (χ4n) is 2.33. The third kappa shape index (κ3) is 5.15. The van der Waals surface area contributed by atoms with Crippen molar-refractivity contribution in [1.82, 2.24) is 4.90 Å². The summed E-state index contributed by atoms with van der Waals surface area (Å²) in [4.78, 5) is 38.8. The molecular formula is C18H19N3O4S2. The molecule has 2 amide bonds. The van der Waals surface area contributed by atoms with E-state index in [1.807, 2.05) is 23.6 Å². The maximum Gasteiger partial charge on any atom is 0.342 e. The minimum absolute atomic E-state index is 0.197. The fraction of sp³-hybridized carbons (Fsp3) is 0.333. The van der Waals surface area contributed by atoms with Crippen LogP contribution in [-0.4, -0.2) is 42.4 Å². The highest BCUT2D eigenvalue weighted by Crippen LogP contribution is 2.38. The number of carbonyl (C=O) groups is 3. The van der Waals surface area contributed by atoms with E-state index in [9.17, 15) is 14.4 Å². The van der Waals surface area contributed by atoms with E-state index in [-0.39, 0.29) is 24.4 Å². The van der Waals surface area contributed by atoms with E-state index in [1.165, 1.54) is 41.4 Å². The number of ether oxygens (including phenoxy) is 1. The number of likely N-dealkylation sites (N-methyl/N-ethyl adjacent to an activating group) is 1. The maximum atomic E-state index is 12.8. The highest BCUT2D eigenvalue weighted by molar-refractivity contribution is 7.17. The second-order valence-electron chi connectivity index (χ2n) is 5.73. The molecule has 142 valence electrons. The fourth-order valence-corrected chi connectivity index (χ4v) is 4.15. The molecule has 0 spiro atoms. The van der Waals surface area contributed by atoms with Gasteiger partial charge in [0.25, 0.3) is 5.91 Å². The molecule has 0 radical (unpaired) electrons. The SMILES string of the molecule is CC(=O)Nc1scc(-c2cccs2)c1C(=O)O[C@H](C)C(=O)N(C)CCC#N. The quantitative estimate of drug-likeness (QED) is 0.712. The Bertz CT molecular complexity index is 868. The molecule has 0 aromatic carbocycles. The number of thiophene rings is 2. The number of rotatable bonds is 7. The average molecular weight is 406 g/mol. The Kier molecular flexibility index (Phi) is 7.10. The number of nitrogens with zero attached hydrogens (tertiary/aromatic N) is 2. The Morgan fingerprint density at radius 2 is 2.11 bits per heavy atom. The van der Waals surface area contributed by atoms with Crippen LogP contribution < -0.4 is 5.32 Å². The number of carbonyl (C=O) groups excluding carboxylic acids is 3. The van der Waals surface area contributed by atoms with Crippen LogP contribution in [0.25, 0.3) is 10.4 Å². The van der Waals surface area contributed by atoms with Crippen molar-refractivity contribution < 1.29 is 19.1 Å². The molecule has 27 heavy (non-hydrogen) atoms. The Balaban J connectivity index is 2.24. The van der Waals surface area contributed by atoms with Crippen molar-refractivity contribution in [3.05, 3.63) is 28.5 Å². The first-order valence-corrected chi connectivity index (χ1v) is 9.87. The standard InChI is InChI=1S/C18H19N3O4S2/c1-11(17(23)21(3)8-5-7-19)25-18(24)15-13(14-6-4-9-26-14)10-27-16(15)20-12(2)22/h4,6,9-11H,5,8H2,1-3H3,(H,20,22)/t11-/m1/s1. The van der Waals surface area contributed by atoms with Gasteiger partial charge >= 0.3 is 5.97 Å². The summed E-state index contributed by atoms with van der Waals surface area (Å²) in [7, 11) is 1.55. The second-order valence-corrected chi connectivity index (χ2v) is 7.55. The molecule has 0 fully saturated rings. The average Bonchev–Trinajstić information content (AvgIpc) is 3.27. The lowest BCUT2D eigenvalue weighted by molar-refractivity contribution is -0.138. The van der Waals surface area contributed by atoms with Crippen LogP contribution in [0.15, 0.2) is 22.9 Å².